The van der Waals surface area contributed by atoms with E-state index in [1.165, 1.54) is 6.33 Å². The standard InChI is InChI=1S/C14H10N4O/c1-10-6-12-7-15-9-18-13(12)17-8-11-4-2-3-5-16-14(11)19-10/h2-4,6-7,9H,1,8H2/b12-6-,17-13?. The maximum atomic E-state index is 5.63. The van der Waals surface area contributed by atoms with Gasteiger partial charge >= 0.3 is 0 Å². The van der Waals surface area contributed by atoms with Crippen LogP contribution in [0.25, 0.3) is 6.08 Å². The summed E-state index contributed by atoms with van der Waals surface area (Å²) in [6, 6.07) is 0. The highest BCUT2D eigenvalue weighted by atomic mass is 16.5. The minimum Gasteiger partial charge on any atom is -0.439 e. The van der Waals surface area contributed by atoms with Crippen LogP contribution in [-0.4, -0.2) is 22.4 Å². The van der Waals surface area contributed by atoms with Gasteiger partial charge in [-0.15, -0.1) is 0 Å². The van der Waals surface area contributed by atoms with E-state index in [0.717, 1.165) is 10.8 Å². The van der Waals surface area contributed by atoms with Crippen molar-refractivity contribution in [2.24, 2.45) is 9.98 Å². The van der Waals surface area contributed by atoms with Crippen molar-refractivity contribution < 1.29 is 4.74 Å². The van der Waals surface area contributed by atoms with E-state index < -0.39 is 0 Å². The summed E-state index contributed by atoms with van der Waals surface area (Å²) in [5.74, 6) is 3.68. The van der Waals surface area contributed by atoms with E-state index in [4.69, 9.17) is 4.74 Å². The molecule has 0 unspecified atom stereocenters. The van der Waals surface area contributed by atoms with Crippen molar-refractivity contribution in [2.45, 2.75) is 0 Å². The van der Waals surface area contributed by atoms with Crippen molar-refractivity contribution in [3.05, 3.63) is 65.3 Å². The third kappa shape index (κ3) is 2.41. The Bertz CT molecular complexity index is 780. The van der Waals surface area contributed by atoms with E-state index in [2.05, 4.69) is 32.4 Å². The number of allylic oxidation sites excluding steroid dienone is 3. The molecular weight excluding hydrogens is 240 g/mol. The fourth-order valence-corrected chi connectivity index (χ4v) is 1.71. The molecule has 0 radical (unpaired) electrons. The minimum absolute atomic E-state index is 0.427. The van der Waals surface area contributed by atoms with Gasteiger partial charge in [0.1, 0.15) is 12.1 Å². The van der Waals surface area contributed by atoms with Crippen LogP contribution in [0.3, 0.4) is 0 Å². The van der Waals surface area contributed by atoms with Crippen LogP contribution in [0, 0.1) is 0 Å². The molecule has 2 aliphatic heterocycles. The Hall–Kier alpha value is -2.78. The average Bonchev–Trinajstić information content (AvgIpc) is 2.59. The van der Waals surface area contributed by atoms with Crippen LogP contribution in [-0.2, 0) is 4.74 Å². The minimum atomic E-state index is 0.427. The molecule has 0 atom stereocenters. The van der Waals surface area contributed by atoms with Gasteiger partial charge < -0.3 is 4.74 Å². The molecule has 0 aromatic carbocycles. The molecule has 19 heavy (non-hydrogen) atoms. The van der Waals surface area contributed by atoms with Crippen molar-refractivity contribution in [3.8, 4) is 0 Å². The maximum Gasteiger partial charge on any atom is 0.232 e. The summed E-state index contributed by atoms with van der Waals surface area (Å²) < 4.78 is 5.63. The third-order valence-corrected chi connectivity index (χ3v) is 2.57. The third-order valence-electron chi connectivity index (χ3n) is 2.57. The van der Waals surface area contributed by atoms with Gasteiger partial charge in [-0.05, 0) is 18.0 Å². The Balaban J connectivity index is 2.18. The van der Waals surface area contributed by atoms with E-state index in [-0.39, 0.29) is 0 Å². The zero-order valence-corrected chi connectivity index (χ0v) is 10.1. The second kappa shape index (κ2) is 4.84. The Morgan fingerprint density at radius 3 is 3.26 bits per heavy atom. The first-order chi connectivity index (χ1) is 9.33. The number of rotatable bonds is 0. The predicted octanol–water partition coefficient (Wildman–Crippen LogP) is 0.428. The van der Waals surface area contributed by atoms with Crippen molar-refractivity contribution in [2.75, 3.05) is 6.54 Å². The van der Waals surface area contributed by atoms with Crippen LogP contribution in [0.15, 0.2) is 64.5 Å². The van der Waals surface area contributed by atoms with Crippen LogP contribution < -0.4 is 10.7 Å². The van der Waals surface area contributed by atoms with Gasteiger partial charge in [0, 0.05) is 17.0 Å². The van der Waals surface area contributed by atoms with Crippen LogP contribution in [0.2, 0.25) is 0 Å². The molecule has 0 saturated carbocycles. The van der Waals surface area contributed by atoms with Gasteiger partial charge in [0.15, 0.2) is 5.49 Å². The summed E-state index contributed by atoms with van der Waals surface area (Å²) in [5.41, 5.74) is 1.46. The molecule has 0 N–H and O–H groups in total. The van der Waals surface area contributed by atoms with Crippen LogP contribution in [0.4, 0.5) is 0 Å². The van der Waals surface area contributed by atoms with E-state index >= 15 is 0 Å². The number of fused-ring (bicyclic) bond motifs is 1. The van der Waals surface area contributed by atoms with Gasteiger partial charge in [0.05, 0.1) is 6.54 Å². The molecule has 3 heterocycles. The Kier molecular flexibility index (Phi) is 2.88. The number of aromatic nitrogens is 2. The highest BCUT2D eigenvalue weighted by Crippen LogP contribution is 2.16. The molecule has 0 spiro atoms. The summed E-state index contributed by atoms with van der Waals surface area (Å²) in [7, 11) is 0. The smallest absolute Gasteiger partial charge is 0.232 e. The van der Waals surface area contributed by atoms with E-state index in [1.54, 1.807) is 18.3 Å². The summed E-state index contributed by atoms with van der Waals surface area (Å²) in [4.78, 5) is 16.7. The molecule has 1 aromatic rings. The lowest BCUT2D eigenvalue weighted by Crippen LogP contribution is -2.29. The monoisotopic (exact) mass is 250 g/mol. The molecule has 5 nitrogen and oxygen atoms in total. The Labute approximate surface area is 109 Å². The lowest BCUT2D eigenvalue weighted by molar-refractivity contribution is 0.322. The fraction of sp³-hybridized carbons (Fsp3) is 0.0714. The first kappa shape index (κ1) is 11.3. The van der Waals surface area contributed by atoms with Gasteiger partial charge in [0.25, 0.3) is 0 Å². The number of hydrogen-bond acceptors (Lipinski definition) is 5. The SMILES string of the molecule is C=C1/C=c2/cncnc2=NCC2=C(N=C=CC=C2)O1. The van der Waals surface area contributed by atoms with E-state index in [1.807, 2.05) is 12.2 Å². The quantitative estimate of drug-likeness (QED) is 0.670. The second-order valence-electron chi connectivity index (χ2n) is 3.93. The highest BCUT2D eigenvalue weighted by Gasteiger charge is 2.09. The lowest BCUT2D eigenvalue weighted by atomic mass is 10.2. The van der Waals surface area contributed by atoms with E-state index in [9.17, 15) is 0 Å². The largest absolute Gasteiger partial charge is 0.439 e. The fourth-order valence-electron chi connectivity index (χ4n) is 1.71. The molecule has 0 amide bonds. The predicted molar refractivity (Wildman–Crippen MR) is 70.5 cm³/mol. The van der Waals surface area contributed by atoms with E-state index in [0.29, 0.717) is 23.7 Å². The highest BCUT2D eigenvalue weighted by molar-refractivity contribution is 5.59. The summed E-state index contributed by atoms with van der Waals surface area (Å²) in [6.45, 7) is 4.27. The molecule has 0 aliphatic carbocycles. The van der Waals surface area contributed by atoms with Crippen LogP contribution >= 0.6 is 0 Å². The molecule has 1 aromatic heterocycles. The molecule has 5 heteroatoms. The molecule has 0 saturated heterocycles. The first-order valence-electron chi connectivity index (χ1n) is 5.71. The molecule has 3 rings (SSSR count). The topological polar surface area (TPSA) is 59.7 Å². The van der Waals surface area contributed by atoms with Crippen molar-refractivity contribution in [3.63, 3.8) is 0 Å². The molecule has 2 aliphatic rings. The Morgan fingerprint density at radius 1 is 1.37 bits per heavy atom. The number of hydrogen-bond donors (Lipinski definition) is 0. The molecule has 0 bridgehead atoms. The average molecular weight is 250 g/mol. The van der Waals surface area contributed by atoms with Gasteiger partial charge in [-0.2, -0.15) is 4.99 Å². The second-order valence-corrected chi connectivity index (χ2v) is 3.93. The molecule has 92 valence electrons. The lowest BCUT2D eigenvalue weighted by Gasteiger charge is -2.06. The first-order valence-corrected chi connectivity index (χ1v) is 5.71. The van der Waals surface area contributed by atoms with Gasteiger partial charge in [-0.3, -0.25) is 4.99 Å². The summed E-state index contributed by atoms with van der Waals surface area (Å²) in [5, 5.41) is 0.772. The van der Waals surface area contributed by atoms with Crippen LogP contribution in [0.5, 0.6) is 0 Å². The maximum absolute atomic E-state index is 5.63. The van der Waals surface area contributed by atoms with Gasteiger partial charge in [-0.25, -0.2) is 9.97 Å². The van der Waals surface area contributed by atoms with Gasteiger partial charge in [0.2, 0.25) is 5.88 Å². The molecule has 0 fully saturated rings. The summed E-state index contributed by atoms with van der Waals surface area (Å²) >= 11 is 0. The molecular formula is C14H10N4O. The number of nitrogens with zero attached hydrogens (tertiary/aromatic N) is 4. The Morgan fingerprint density at radius 2 is 2.32 bits per heavy atom. The van der Waals surface area contributed by atoms with Crippen molar-refractivity contribution >= 4 is 11.9 Å². The van der Waals surface area contributed by atoms with Crippen molar-refractivity contribution in [1.82, 2.24) is 9.97 Å². The zero-order valence-electron chi connectivity index (χ0n) is 10.1. The van der Waals surface area contributed by atoms with Crippen molar-refractivity contribution in [1.29, 1.82) is 0 Å². The van der Waals surface area contributed by atoms with Gasteiger partial charge in [-0.1, -0.05) is 18.7 Å². The van der Waals surface area contributed by atoms with Crippen LogP contribution in [0.1, 0.15) is 0 Å². The summed E-state index contributed by atoms with van der Waals surface area (Å²) in [6.07, 6.45) is 10.3. The zero-order chi connectivity index (χ0) is 13.1. The normalized spacial score (nSPS) is 18.7. The number of aliphatic imine (C=N–C) groups is 1. The number of ether oxygens (including phenoxy) is 1.